The lowest BCUT2D eigenvalue weighted by Gasteiger charge is -2.21. The van der Waals surface area contributed by atoms with Crippen LogP contribution in [0, 0.1) is 5.92 Å². The molecule has 0 aliphatic heterocycles. The van der Waals surface area contributed by atoms with Crippen molar-refractivity contribution in [1.29, 1.82) is 0 Å². The van der Waals surface area contributed by atoms with Gasteiger partial charge < -0.3 is 19.5 Å². The van der Waals surface area contributed by atoms with Crippen molar-refractivity contribution in [2.75, 3.05) is 27.9 Å². The number of hydrogen-bond donors (Lipinski definition) is 1. The lowest BCUT2D eigenvalue weighted by Crippen LogP contribution is -2.32. The Labute approximate surface area is 134 Å². The quantitative estimate of drug-likeness (QED) is 0.758. The van der Waals surface area contributed by atoms with Crippen molar-refractivity contribution < 1.29 is 19.0 Å². The summed E-state index contributed by atoms with van der Waals surface area (Å²) in [6.07, 6.45) is 0. The molecule has 118 valence electrons. The molecular weight excluding hydrogens is 338 g/mol. The first-order valence-electron chi connectivity index (χ1n) is 6.67. The Morgan fingerprint density at radius 2 is 1.76 bits per heavy atom. The number of rotatable bonds is 7. The Hall–Kier alpha value is -1.27. The summed E-state index contributed by atoms with van der Waals surface area (Å²) in [5.74, 6) is 1.23. The summed E-state index contributed by atoms with van der Waals surface area (Å²) in [5, 5.41) is 3.21. The maximum Gasteiger partial charge on any atom is 0.327 e. The second-order valence-corrected chi connectivity index (χ2v) is 5.84. The minimum atomic E-state index is -0.563. The fraction of sp³-hybridized carbons (Fsp3) is 0.533. The molecule has 6 heteroatoms. The van der Waals surface area contributed by atoms with Gasteiger partial charge in [0.05, 0.1) is 21.3 Å². The molecule has 1 atom stereocenters. The van der Waals surface area contributed by atoms with E-state index in [0.717, 1.165) is 10.0 Å². The van der Waals surface area contributed by atoms with E-state index < -0.39 is 6.04 Å². The number of carbonyl (C=O) groups is 1. The molecule has 0 bridgehead atoms. The van der Waals surface area contributed by atoms with Crippen molar-refractivity contribution in [3.8, 4) is 11.5 Å². The first kappa shape index (κ1) is 17.8. The van der Waals surface area contributed by atoms with Crippen LogP contribution in [-0.4, -0.2) is 33.8 Å². The maximum atomic E-state index is 12.1. The molecule has 0 saturated heterocycles. The third kappa shape index (κ3) is 4.61. The van der Waals surface area contributed by atoms with E-state index in [1.165, 1.54) is 7.11 Å². The van der Waals surface area contributed by atoms with E-state index in [-0.39, 0.29) is 5.97 Å². The molecule has 0 aromatic heterocycles. The van der Waals surface area contributed by atoms with Gasteiger partial charge in [-0.1, -0.05) is 29.8 Å². The van der Waals surface area contributed by atoms with Crippen LogP contribution in [0.3, 0.4) is 0 Å². The van der Waals surface area contributed by atoms with Gasteiger partial charge in [-0.3, -0.25) is 0 Å². The second-order valence-electron chi connectivity index (χ2n) is 4.99. The fourth-order valence-corrected chi connectivity index (χ4v) is 2.43. The molecule has 1 unspecified atom stereocenters. The Bertz CT molecular complexity index is 491. The van der Waals surface area contributed by atoms with Crippen molar-refractivity contribution in [3.05, 3.63) is 22.2 Å². The number of nitrogens with one attached hydrogen (secondary N) is 1. The zero-order chi connectivity index (χ0) is 16.0. The van der Waals surface area contributed by atoms with Crippen LogP contribution in [0.2, 0.25) is 0 Å². The summed E-state index contributed by atoms with van der Waals surface area (Å²) in [5.41, 5.74) is 0.750. The first-order valence-corrected chi connectivity index (χ1v) is 7.46. The van der Waals surface area contributed by atoms with Gasteiger partial charge in [0.15, 0.2) is 11.5 Å². The van der Waals surface area contributed by atoms with Crippen LogP contribution >= 0.6 is 15.9 Å². The average Bonchev–Trinajstić information content (AvgIpc) is 2.47. The standard InChI is InChI=1S/C15H22BrNO4/c1-9(2)8-17-14(15(18)21-5)10-6-12(19-3)13(20-4)7-11(10)16/h6-7,9,14,17H,8H2,1-5H3. The van der Waals surface area contributed by atoms with Crippen molar-refractivity contribution in [3.63, 3.8) is 0 Å². The summed E-state index contributed by atoms with van der Waals surface area (Å²) in [4.78, 5) is 12.1. The highest BCUT2D eigenvalue weighted by molar-refractivity contribution is 9.10. The van der Waals surface area contributed by atoms with E-state index in [1.807, 2.05) is 0 Å². The van der Waals surface area contributed by atoms with Gasteiger partial charge >= 0.3 is 5.97 Å². The summed E-state index contributed by atoms with van der Waals surface area (Å²) in [6.45, 7) is 4.84. The fourth-order valence-electron chi connectivity index (χ4n) is 1.88. The van der Waals surface area contributed by atoms with Gasteiger partial charge in [-0.2, -0.15) is 0 Å². The van der Waals surface area contributed by atoms with Gasteiger partial charge in [-0.05, 0) is 30.2 Å². The van der Waals surface area contributed by atoms with Gasteiger partial charge in [-0.25, -0.2) is 4.79 Å². The third-order valence-corrected chi connectivity index (χ3v) is 3.67. The largest absolute Gasteiger partial charge is 0.493 e. The van der Waals surface area contributed by atoms with Gasteiger partial charge in [0.1, 0.15) is 6.04 Å². The van der Waals surface area contributed by atoms with Gasteiger partial charge in [-0.15, -0.1) is 0 Å². The van der Waals surface area contributed by atoms with Crippen LogP contribution in [0.25, 0.3) is 0 Å². The highest BCUT2D eigenvalue weighted by Crippen LogP contribution is 2.36. The summed E-state index contributed by atoms with van der Waals surface area (Å²) < 4.78 is 16.2. The Morgan fingerprint density at radius 3 is 2.24 bits per heavy atom. The van der Waals surface area contributed by atoms with Crippen molar-refractivity contribution >= 4 is 21.9 Å². The molecule has 0 radical (unpaired) electrons. The molecule has 0 amide bonds. The molecule has 0 heterocycles. The maximum absolute atomic E-state index is 12.1. The molecule has 21 heavy (non-hydrogen) atoms. The van der Waals surface area contributed by atoms with Crippen LogP contribution in [0.15, 0.2) is 16.6 Å². The number of benzene rings is 1. The zero-order valence-corrected chi connectivity index (χ0v) is 14.6. The number of methoxy groups -OCH3 is 3. The molecule has 0 aliphatic rings. The predicted molar refractivity (Wildman–Crippen MR) is 84.8 cm³/mol. The van der Waals surface area contributed by atoms with Crippen LogP contribution in [0.4, 0.5) is 0 Å². The predicted octanol–water partition coefficient (Wildman–Crippen LogP) is 2.93. The first-order chi connectivity index (χ1) is 9.94. The van der Waals surface area contributed by atoms with Crippen LogP contribution < -0.4 is 14.8 Å². The van der Waals surface area contributed by atoms with Crippen LogP contribution in [-0.2, 0) is 9.53 Å². The zero-order valence-electron chi connectivity index (χ0n) is 13.0. The van der Waals surface area contributed by atoms with Crippen molar-refractivity contribution in [1.82, 2.24) is 5.32 Å². The Morgan fingerprint density at radius 1 is 1.19 bits per heavy atom. The molecule has 1 aromatic rings. The van der Waals surface area contributed by atoms with E-state index in [4.69, 9.17) is 14.2 Å². The molecule has 1 aromatic carbocycles. The summed E-state index contributed by atoms with van der Waals surface area (Å²) in [6, 6.07) is 2.99. The molecule has 1 rings (SSSR count). The molecular formula is C15H22BrNO4. The van der Waals surface area contributed by atoms with E-state index in [0.29, 0.717) is 24.0 Å². The van der Waals surface area contributed by atoms with Gasteiger partial charge in [0.2, 0.25) is 0 Å². The van der Waals surface area contributed by atoms with E-state index >= 15 is 0 Å². The number of halogens is 1. The van der Waals surface area contributed by atoms with E-state index in [9.17, 15) is 4.79 Å². The molecule has 5 nitrogen and oxygen atoms in total. The lowest BCUT2D eigenvalue weighted by atomic mass is 10.1. The number of ether oxygens (including phenoxy) is 3. The van der Waals surface area contributed by atoms with Crippen molar-refractivity contribution in [2.24, 2.45) is 5.92 Å². The van der Waals surface area contributed by atoms with Crippen LogP contribution in [0.1, 0.15) is 25.5 Å². The summed E-state index contributed by atoms with van der Waals surface area (Å²) in [7, 11) is 4.50. The molecule has 1 N–H and O–H groups in total. The van der Waals surface area contributed by atoms with Gasteiger partial charge in [0.25, 0.3) is 0 Å². The molecule has 0 spiro atoms. The highest BCUT2D eigenvalue weighted by Gasteiger charge is 2.25. The van der Waals surface area contributed by atoms with Gasteiger partial charge in [0, 0.05) is 4.47 Å². The number of hydrogen-bond acceptors (Lipinski definition) is 5. The normalized spacial score (nSPS) is 12.1. The molecule has 0 saturated carbocycles. The second kappa shape index (κ2) is 8.24. The number of esters is 1. The van der Waals surface area contributed by atoms with E-state index in [2.05, 4.69) is 35.1 Å². The molecule has 0 aliphatic carbocycles. The molecule has 0 fully saturated rings. The smallest absolute Gasteiger partial charge is 0.327 e. The topological polar surface area (TPSA) is 56.8 Å². The van der Waals surface area contributed by atoms with Crippen molar-refractivity contribution in [2.45, 2.75) is 19.9 Å². The highest BCUT2D eigenvalue weighted by atomic mass is 79.9. The summed E-state index contributed by atoms with van der Waals surface area (Å²) >= 11 is 3.47. The minimum Gasteiger partial charge on any atom is -0.493 e. The monoisotopic (exact) mass is 359 g/mol. The number of carbonyl (C=O) groups excluding carboxylic acids is 1. The van der Waals surface area contributed by atoms with E-state index in [1.54, 1.807) is 26.4 Å². The lowest BCUT2D eigenvalue weighted by molar-refractivity contribution is -0.143. The Kier molecular flexibility index (Phi) is 6.98. The van der Waals surface area contributed by atoms with Crippen LogP contribution in [0.5, 0.6) is 11.5 Å². The average molecular weight is 360 g/mol. The SMILES string of the molecule is COC(=O)C(NCC(C)C)c1cc(OC)c(OC)cc1Br. The minimum absolute atomic E-state index is 0.344. The Balaban J connectivity index is 3.20. The third-order valence-electron chi connectivity index (χ3n) is 2.98.